The van der Waals surface area contributed by atoms with Gasteiger partial charge in [0.2, 0.25) is 15.9 Å². The van der Waals surface area contributed by atoms with E-state index in [1.165, 1.54) is 23.2 Å². The Hall–Kier alpha value is -2.54. The van der Waals surface area contributed by atoms with Gasteiger partial charge in [-0.3, -0.25) is 9.10 Å². The zero-order chi connectivity index (χ0) is 22.1. The van der Waals surface area contributed by atoms with E-state index in [-0.39, 0.29) is 23.8 Å². The first-order valence-corrected chi connectivity index (χ1v) is 11.9. The molecule has 30 heavy (non-hydrogen) atoms. The van der Waals surface area contributed by atoms with Crippen LogP contribution in [0.5, 0.6) is 5.75 Å². The summed E-state index contributed by atoms with van der Waals surface area (Å²) in [6.07, 6.45) is 3.01. The summed E-state index contributed by atoms with van der Waals surface area (Å²) in [7, 11) is -2.07. The van der Waals surface area contributed by atoms with Gasteiger partial charge in [-0.25, -0.2) is 8.42 Å². The monoisotopic (exact) mass is 430 g/mol. The smallest absolute Gasteiger partial charge is 0.232 e. The Kier molecular flexibility index (Phi) is 6.13. The Morgan fingerprint density at radius 1 is 1.13 bits per heavy atom. The topological polar surface area (TPSA) is 75.7 Å². The Morgan fingerprint density at radius 2 is 1.77 bits per heavy atom. The van der Waals surface area contributed by atoms with Crippen LogP contribution in [0.3, 0.4) is 0 Å². The van der Waals surface area contributed by atoms with Crippen LogP contribution in [0.2, 0.25) is 0 Å². The number of nitrogens with zero attached hydrogens (tertiary/aromatic N) is 1. The zero-order valence-corrected chi connectivity index (χ0v) is 19.0. The standard InChI is InChI=1S/C23H30N2O4S/c1-23(2,3)18-10-6-16(7-11-18)15-25(30(5,27)28)20-13-12-19(14-21(20)29-4)24-22(26)17-8-9-17/h6-7,10-14,17H,8-9,15H2,1-5H3,(H,24,26). The Morgan fingerprint density at radius 3 is 2.27 bits per heavy atom. The quantitative estimate of drug-likeness (QED) is 0.710. The van der Waals surface area contributed by atoms with Gasteiger partial charge in [0.1, 0.15) is 5.75 Å². The van der Waals surface area contributed by atoms with Gasteiger partial charge in [-0.2, -0.15) is 0 Å². The Labute approximate surface area is 179 Å². The molecule has 0 unspecified atom stereocenters. The van der Waals surface area contributed by atoms with E-state index < -0.39 is 10.0 Å². The number of amides is 1. The number of methoxy groups -OCH3 is 1. The molecule has 0 spiro atoms. The van der Waals surface area contributed by atoms with Gasteiger partial charge >= 0.3 is 0 Å². The third-order valence-corrected chi connectivity index (χ3v) is 6.34. The molecule has 1 amide bonds. The molecule has 1 aliphatic carbocycles. The summed E-state index contributed by atoms with van der Waals surface area (Å²) < 4.78 is 32.0. The summed E-state index contributed by atoms with van der Waals surface area (Å²) >= 11 is 0. The average molecular weight is 431 g/mol. The van der Waals surface area contributed by atoms with Crippen molar-refractivity contribution in [2.75, 3.05) is 23.0 Å². The number of carbonyl (C=O) groups excluding carboxylic acids is 1. The van der Waals surface area contributed by atoms with Gasteiger partial charge < -0.3 is 10.1 Å². The van der Waals surface area contributed by atoms with Gasteiger partial charge in [0, 0.05) is 17.7 Å². The Bertz CT molecular complexity index is 1020. The molecule has 7 heteroatoms. The molecule has 1 saturated carbocycles. The summed E-state index contributed by atoms with van der Waals surface area (Å²) in [4.78, 5) is 12.0. The summed E-state index contributed by atoms with van der Waals surface area (Å²) in [5.74, 6) is 0.461. The van der Waals surface area contributed by atoms with Crippen molar-refractivity contribution in [1.82, 2.24) is 0 Å². The highest BCUT2D eigenvalue weighted by atomic mass is 32.2. The van der Waals surface area contributed by atoms with Gasteiger partial charge in [0.05, 0.1) is 25.6 Å². The molecule has 2 aromatic rings. The van der Waals surface area contributed by atoms with Crippen LogP contribution < -0.4 is 14.4 Å². The first-order valence-electron chi connectivity index (χ1n) is 10.0. The fourth-order valence-corrected chi connectivity index (χ4v) is 4.10. The molecular formula is C23H30N2O4S. The number of ether oxygens (including phenoxy) is 1. The lowest BCUT2D eigenvalue weighted by Gasteiger charge is -2.25. The highest BCUT2D eigenvalue weighted by Crippen LogP contribution is 2.35. The third-order valence-electron chi connectivity index (χ3n) is 5.21. The second-order valence-corrected chi connectivity index (χ2v) is 10.8. The van der Waals surface area contributed by atoms with E-state index >= 15 is 0 Å². The number of sulfonamides is 1. The highest BCUT2D eigenvalue weighted by molar-refractivity contribution is 7.92. The molecule has 0 saturated heterocycles. The van der Waals surface area contributed by atoms with Crippen LogP contribution in [0.25, 0.3) is 0 Å². The van der Waals surface area contributed by atoms with Crippen LogP contribution in [0.4, 0.5) is 11.4 Å². The predicted octanol–water partition coefficient (Wildman–Crippen LogP) is 4.31. The number of hydrogen-bond acceptors (Lipinski definition) is 4. The van der Waals surface area contributed by atoms with Crippen molar-refractivity contribution in [2.24, 2.45) is 5.92 Å². The van der Waals surface area contributed by atoms with Crippen molar-refractivity contribution in [3.05, 3.63) is 53.6 Å². The van der Waals surface area contributed by atoms with Gasteiger partial charge in [-0.1, -0.05) is 45.0 Å². The number of nitrogens with one attached hydrogen (secondary N) is 1. The molecule has 2 aromatic carbocycles. The minimum atomic E-state index is -3.56. The maximum atomic E-state index is 12.6. The Balaban J connectivity index is 1.88. The van der Waals surface area contributed by atoms with Crippen LogP contribution in [0.15, 0.2) is 42.5 Å². The molecule has 6 nitrogen and oxygen atoms in total. The lowest BCUT2D eigenvalue weighted by molar-refractivity contribution is -0.117. The molecule has 1 fully saturated rings. The molecule has 0 radical (unpaired) electrons. The highest BCUT2D eigenvalue weighted by Gasteiger charge is 2.30. The number of carbonyl (C=O) groups is 1. The lowest BCUT2D eigenvalue weighted by atomic mass is 9.87. The summed E-state index contributed by atoms with van der Waals surface area (Å²) in [6, 6.07) is 13.0. The molecule has 0 aliphatic heterocycles. The van der Waals surface area contributed by atoms with Crippen LogP contribution in [-0.2, 0) is 26.8 Å². The number of benzene rings is 2. The van der Waals surface area contributed by atoms with Gasteiger partial charge in [-0.05, 0) is 41.5 Å². The van der Waals surface area contributed by atoms with Gasteiger partial charge in [0.15, 0.2) is 0 Å². The van der Waals surface area contributed by atoms with Gasteiger partial charge in [0.25, 0.3) is 0 Å². The van der Waals surface area contributed by atoms with Crippen molar-refractivity contribution in [1.29, 1.82) is 0 Å². The van der Waals surface area contributed by atoms with Gasteiger partial charge in [-0.15, -0.1) is 0 Å². The SMILES string of the molecule is COc1cc(NC(=O)C2CC2)ccc1N(Cc1ccc(C(C)(C)C)cc1)S(C)(=O)=O. The first-order chi connectivity index (χ1) is 14.0. The van der Waals surface area contributed by atoms with Crippen LogP contribution in [0.1, 0.15) is 44.7 Å². The minimum absolute atomic E-state index is 0.0105. The maximum Gasteiger partial charge on any atom is 0.232 e. The van der Waals surface area contributed by atoms with E-state index in [0.717, 1.165) is 18.4 Å². The first kappa shape index (κ1) is 22.2. The third kappa shape index (κ3) is 5.33. The average Bonchev–Trinajstić information content (AvgIpc) is 3.50. The molecule has 1 aliphatic rings. The van der Waals surface area contributed by atoms with Crippen LogP contribution in [-0.4, -0.2) is 27.7 Å². The molecule has 1 N–H and O–H groups in total. The van der Waals surface area contributed by atoms with Crippen molar-refractivity contribution >= 4 is 27.3 Å². The fraction of sp³-hybridized carbons (Fsp3) is 0.435. The second-order valence-electron chi connectivity index (χ2n) is 8.87. The van der Waals surface area contributed by atoms with Crippen LogP contribution >= 0.6 is 0 Å². The number of anilines is 2. The molecule has 0 bridgehead atoms. The minimum Gasteiger partial charge on any atom is -0.494 e. The molecular weight excluding hydrogens is 400 g/mol. The summed E-state index contributed by atoms with van der Waals surface area (Å²) in [5, 5.41) is 2.87. The zero-order valence-electron chi connectivity index (χ0n) is 18.2. The van der Waals surface area contributed by atoms with Crippen LogP contribution in [0, 0.1) is 5.92 Å². The second kappa shape index (κ2) is 8.30. The molecule has 0 atom stereocenters. The van der Waals surface area contributed by atoms with Crippen molar-refractivity contribution in [2.45, 2.75) is 45.6 Å². The fourth-order valence-electron chi connectivity index (χ4n) is 3.21. The maximum absolute atomic E-state index is 12.6. The summed E-state index contributed by atoms with van der Waals surface area (Å²) in [6.45, 7) is 6.60. The van der Waals surface area contributed by atoms with E-state index in [1.54, 1.807) is 18.2 Å². The number of hydrogen-bond donors (Lipinski definition) is 1. The van der Waals surface area contributed by atoms with E-state index in [4.69, 9.17) is 4.74 Å². The van der Waals surface area contributed by atoms with E-state index in [1.807, 2.05) is 24.3 Å². The van der Waals surface area contributed by atoms with E-state index in [9.17, 15) is 13.2 Å². The lowest BCUT2D eigenvalue weighted by Crippen LogP contribution is -2.29. The normalized spacial score (nSPS) is 14.3. The van der Waals surface area contributed by atoms with E-state index in [2.05, 4.69) is 26.1 Å². The van der Waals surface area contributed by atoms with Crippen molar-refractivity contribution < 1.29 is 17.9 Å². The van der Waals surface area contributed by atoms with Crippen molar-refractivity contribution in [3.8, 4) is 5.75 Å². The van der Waals surface area contributed by atoms with Crippen molar-refractivity contribution in [3.63, 3.8) is 0 Å². The molecule has 0 aromatic heterocycles. The number of rotatable bonds is 7. The van der Waals surface area contributed by atoms with E-state index in [0.29, 0.717) is 17.1 Å². The molecule has 162 valence electrons. The molecule has 3 rings (SSSR count). The largest absolute Gasteiger partial charge is 0.494 e. The summed E-state index contributed by atoms with van der Waals surface area (Å²) in [5.41, 5.74) is 3.12. The predicted molar refractivity (Wildman–Crippen MR) is 121 cm³/mol. The molecule has 0 heterocycles.